The number of imidazole rings is 1. The van der Waals surface area contributed by atoms with E-state index in [0.29, 0.717) is 38.1 Å². The molecule has 12 rings (SSSR count). The van der Waals surface area contributed by atoms with Gasteiger partial charge in [0.1, 0.15) is 0 Å². The summed E-state index contributed by atoms with van der Waals surface area (Å²) in [6.45, 7) is 3.53. The molecule has 0 bridgehead atoms. The van der Waals surface area contributed by atoms with Crippen molar-refractivity contribution in [2.24, 2.45) is 0 Å². The van der Waals surface area contributed by atoms with Gasteiger partial charge in [-0.3, -0.25) is 0 Å². The number of aromatic nitrogens is 4. The second-order valence-corrected chi connectivity index (χ2v) is 18.8. The van der Waals surface area contributed by atoms with Crippen molar-refractivity contribution in [3.8, 4) is 45.3 Å². The number of aryl methyl sites for hydroxylation is 1. The Balaban J connectivity index is 1.01. The number of para-hydroxylation sites is 4. The van der Waals surface area contributed by atoms with E-state index >= 15 is 0 Å². The second-order valence-electron chi connectivity index (χ2n) is 17.8. The van der Waals surface area contributed by atoms with Gasteiger partial charge in [0.25, 0.3) is 0 Å². The summed E-state index contributed by atoms with van der Waals surface area (Å²) in [4.78, 5) is 7.46. The van der Waals surface area contributed by atoms with Gasteiger partial charge in [0.05, 0.1) is 0 Å². The molecule has 0 aliphatic carbocycles. The third-order valence-electron chi connectivity index (χ3n) is 12.7. The number of ether oxygens (including phenoxy) is 1. The van der Waals surface area contributed by atoms with E-state index in [4.69, 9.17) is 17.9 Å². The molecule has 0 saturated carbocycles. The van der Waals surface area contributed by atoms with Gasteiger partial charge in [-0.2, -0.15) is 0 Å². The zero-order chi connectivity index (χ0) is 52.2. The molecule has 0 atom stereocenters. The van der Waals surface area contributed by atoms with Crippen molar-refractivity contribution < 1.29 is 35.1 Å². The number of pyridine rings is 1. The SMILES string of the molecule is [2H]c1c([2H])c([2H])c(-c2cc(C([2H])([2H])[2H])cc(-c3ccc(C(C)(C)C)cc3)c2-n2[c](=[Pt])n(-c3cccc(Oc4cccc(N5B(c6ccccc6)n6c7ccccc7c7cccc5c76)n4)c3)c3ccccc32)c([2H])c1[2H]. The van der Waals surface area contributed by atoms with E-state index in [-0.39, 0.29) is 29.1 Å². The molecule has 0 amide bonds. The van der Waals surface area contributed by atoms with Crippen LogP contribution in [0.2, 0.25) is 0 Å². The summed E-state index contributed by atoms with van der Waals surface area (Å²) in [6.07, 6.45) is 0. The second kappa shape index (κ2) is 16.1. The number of benzene rings is 8. The molecule has 4 heterocycles. The predicted molar refractivity (Wildman–Crippen MR) is 273 cm³/mol. The maximum atomic E-state index is 9.24. The van der Waals surface area contributed by atoms with E-state index in [1.165, 1.54) is 16.8 Å². The van der Waals surface area contributed by atoms with Crippen molar-refractivity contribution in [1.29, 1.82) is 0 Å². The normalized spacial score (nSPS) is 14.4. The van der Waals surface area contributed by atoms with Gasteiger partial charge in [-0.15, -0.1) is 0 Å². The van der Waals surface area contributed by atoms with Crippen molar-refractivity contribution in [2.75, 3.05) is 4.81 Å². The van der Waals surface area contributed by atoms with Crippen LogP contribution in [0.5, 0.6) is 11.6 Å². The summed E-state index contributed by atoms with van der Waals surface area (Å²) in [5.41, 5.74) is 9.24. The Bertz CT molecular complexity index is 4160. The van der Waals surface area contributed by atoms with E-state index < -0.39 is 37.1 Å². The molecule has 0 radical (unpaired) electrons. The Morgan fingerprint density at radius 1 is 0.627 bits per heavy atom. The van der Waals surface area contributed by atoms with Gasteiger partial charge >= 0.3 is 332 Å². The van der Waals surface area contributed by atoms with E-state index in [1.807, 2.05) is 102 Å². The van der Waals surface area contributed by atoms with Crippen LogP contribution in [-0.4, -0.2) is 25.6 Å². The summed E-state index contributed by atoms with van der Waals surface area (Å²) >= 11 is 2.26. The molecule has 1 aliphatic heterocycles. The molecule has 0 saturated heterocycles. The molecule has 8 aromatic carbocycles. The van der Waals surface area contributed by atoms with Gasteiger partial charge in [-0.1, -0.05) is 60.7 Å². The van der Waals surface area contributed by atoms with Crippen LogP contribution >= 0.6 is 0 Å². The van der Waals surface area contributed by atoms with Crippen molar-refractivity contribution >= 4 is 56.8 Å². The summed E-state index contributed by atoms with van der Waals surface area (Å²) in [5.74, 6) is 1.64. The van der Waals surface area contributed by atoms with E-state index in [1.54, 1.807) is 6.07 Å². The Kier molecular flexibility index (Phi) is 7.97. The molecule has 8 heteroatoms. The molecule has 3 aromatic heterocycles. The minimum absolute atomic E-state index is 0.0369. The number of hydrogen-bond acceptors (Lipinski definition) is 3. The minimum atomic E-state index is -2.62. The molecule has 0 unspecified atom stereocenters. The van der Waals surface area contributed by atoms with Crippen molar-refractivity contribution in [3.05, 3.63) is 221 Å². The number of anilines is 2. The fourth-order valence-corrected chi connectivity index (χ4v) is 10.8. The van der Waals surface area contributed by atoms with Crippen LogP contribution in [0.4, 0.5) is 11.5 Å². The molecular formula is C59H46BN5OPt. The first kappa shape index (κ1) is 33.1. The Labute approximate surface area is 412 Å². The molecule has 0 spiro atoms. The summed E-state index contributed by atoms with van der Waals surface area (Å²) in [7, 11) is 0. The predicted octanol–water partition coefficient (Wildman–Crippen LogP) is 14.1. The maximum absolute atomic E-state index is 9.24. The first-order valence-corrected chi connectivity index (χ1v) is 23.3. The van der Waals surface area contributed by atoms with Gasteiger partial charge in [-0.25, -0.2) is 0 Å². The van der Waals surface area contributed by atoms with Gasteiger partial charge in [-0.05, 0) is 6.07 Å². The molecule has 67 heavy (non-hydrogen) atoms. The van der Waals surface area contributed by atoms with Crippen LogP contribution in [0.3, 0.4) is 0 Å². The van der Waals surface area contributed by atoms with Gasteiger partial charge in [0.2, 0.25) is 0 Å². The Hall–Kier alpha value is -7.47. The van der Waals surface area contributed by atoms with Crippen molar-refractivity contribution in [1.82, 2.24) is 18.6 Å². The van der Waals surface area contributed by atoms with Crippen molar-refractivity contribution in [2.45, 2.75) is 33.0 Å². The zero-order valence-corrected chi connectivity index (χ0v) is 39.1. The van der Waals surface area contributed by atoms with Crippen LogP contribution in [0.1, 0.15) is 42.9 Å². The third-order valence-corrected chi connectivity index (χ3v) is 13.7. The average molecular weight is 1050 g/mol. The first-order valence-electron chi connectivity index (χ1n) is 26.2. The van der Waals surface area contributed by atoms with Crippen LogP contribution in [0, 0.1) is 10.7 Å². The fourth-order valence-electron chi connectivity index (χ4n) is 9.69. The number of rotatable bonds is 8. The first-order chi connectivity index (χ1) is 36.0. The van der Waals surface area contributed by atoms with Crippen LogP contribution in [0.25, 0.3) is 66.5 Å². The van der Waals surface area contributed by atoms with Crippen molar-refractivity contribution in [3.63, 3.8) is 0 Å². The van der Waals surface area contributed by atoms with Gasteiger partial charge < -0.3 is 0 Å². The van der Waals surface area contributed by atoms with E-state index in [2.05, 4.69) is 121 Å². The molecule has 326 valence electrons. The van der Waals surface area contributed by atoms with E-state index in [9.17, 15) is 2.74 Å². The van der Waals surface area contributed by atoms with Crippen LogP contribution in [-0.2, 0) is 24.8 Å². The van der Waals surface area contributed by atoms with E-state index in [0.717, 1.165) is 44.5 Å². The van der Waals surface area contributed by atoms with Gasteiger partial charge in [0, 0.05) is 16.3 Å². The zero-order valence-electron chi connectivity index (χ0n) is 44.8. The summed E-state index contributed by atoms with van der Waals surface area (Å²) in [6, 6.07) is 55.3. The number of hydrogen-bond donors (Lipinski definition) is 0. The summed E-state index contributed by atoms with van der Waals surface area (Å²) < 4.78 is 84.3. The monoisotopic (exact) mass is 1050 g/mol. The Morgan fingerprint density at radius 2 is 1.30 bits per heavy atom. The fraction of sp³-hybridized carbons (Fsp3) is 0.0847. The molecule has 6 nitrogen and oxygen atoms in total. The molecule has 11 aromatic rings. The molecular weight excluding hydrogens is 1000 g/mol. The number of fused-ring (bicyclic) bond motifs is 4. The standard InChI is InChI=1S/C59H46BN5O.Pt/c1-40-36-49(41-18-7-5-8-19-41)57(50(37-40)42-32-34-43(35-33-42)59(2,3)4)63-39-62(52-27-13-14-28-53(52)63)45-22-15-23-46(38-45)66-56-31-17-30-55(61-56)64-54-29-16-25-48-47-24-11-12-26-51(47)65(58(48)54)60(64)44-20-9-6-10-21-44;/h5-38H,1-4H3;/i1D3,5D,7D,8D,18D,19D;. The molecule has 0 fully saturated rings. The topological polar surface area (TPSA) is 40.1 Å². The molecule has 0 N–H and O–H groups in total. The average Bonchev–Trinajstić information content (AvgIpc) is 4.08. The quantitative estimate of drug-likeness (QED) is 0.142. The van der Waals surface area contributed by atoms with Crippen LogP contribution < -0.4 is 15.0 Å². The van der Waals surface area contributed by atoms with Gasteiger partial charge in [0.15, 0.2) is 0 Å². The third kappa shape index (κ3) is 6.91. The number of nitrogens with zero attached hydrogens (tertiary/aromatic N) is 5. The molecule has 1 aliphatic rings. The van der Waals surface area contributed by atoms with Crippen LogP contribution in [0.15, 0.2) is 206 Å². The summed E-state index contributed by atoms with van der Waals surface area (Å²) in [5, 5.41) is 2.37. The Morgan fingerprint density at radius 3 is 2.06 bits per heavy atom.